The third-order valence-corrected chi connectivity index (χ3v) is 12.9. The van der Waals surface area contributed by atoms with E-state index in [1.165, 1.54) is 0 Å². The van der Waals surface area contributed by atoms with Crippen molar-refractivity contribution in [3.05, 3.63) is 65.7 Å². The van der Waals surface area contributed by atoms with E-state index in [-0.39, 0.29) is 12.2 Å². The van der Waals surface area contributed by atoms with Crippen LogP contribution in [0.2, 0.25) is 0 Å². The summed E-state index contributed by atoms with van der Waals surface area (Å²) in [6.45, 7) is 15.5. The predicted octanol–water partition coefficient (Wildman–Crippen LogP) is 9.45. The van der Waals surface area contributed by atoms with Crippen LogP contribution in [0.1, 0.15) is 97.0 Å². The van der Waals surface area contributed by atoms with Crippen molar-refractivity contribution < 1.29 is 17.8 Å². The van der Waals surface area contributed by atoms with Gasteiger partial charge in [0.25, 0.3) is 0 Å². The lowest BCUT2D eigenvalue weighted by atomic mass is 9.75. The summed E-state index contributed by atoms with van der Waals surface area (Å²) in [5.41, 5.74) is 1.87. The normalized spacial score (nSPS) is 29.0. The van der Waals surface area contributed by atoms with Gasteiger partial charge in [0.1, 0.15) is 16.8 Å². The zero-order valence-electron chi connectivity index (χ0n) is 26.1. The van der Waals surface area contributed by atoms with Gasteiger partial charge in [0.2, 0.25) is 0 Å². The maximum atomic E-state index is 15.6. The van der Waals surface area contributed by atoms with Crippen molar-refractivity contribution in [3.8, 4) is 0 Å². The second kappa shape index (κ2) is 14.4. The molecule has 2 saturated carbocycles. The lowest BCUT2D eigenvalue weighted by molar-refractivity contribution is -0.00630. The quantitative estimate of drug-likeness (QED) is 0.261. The molecule has 7 heteroatoms. The molecule has 0 saturated heterocycles. The Hall–Kier alpha value is -1.30. The van der Waals surface area contributed by atoms with Gasteiger partial charge in [-0.15, -0.1) is 0 Å². The molecule has 0 aromatic heterocycles. The summed E-state index contributed by atoms with van der Waals surface area (Å²) in [5, 5.41) is 0. The van der Waals surface area contributed by atoms with Gasteiger partial charge in [0.05, 0.1) is 17.1 Å². The van der Waals surface area contributed by atoms with Gasteiger partial charge in [-0.05, 0) is 85.8 Å². The molecular formula is C34H52NO4PS. The first-order valence-corrected chi connectivity index (χ1v) is 18.5. The number of aryl methyl sites for hydroxylation is 1. The molecule has 5 nitrogen and oxygen atoms in total. The monoisotopic (exact) mass is 601 g/mol. The number of rotatable bonds is 11. The average Bonchev–Trinajstić information content (AvgIpc) is 2.92. The fraction of sp³-hybridized carbons (Fsp3) is 0.647. The topological polar surface area (TPSA) is 64.6 Å². The van der Waals surface area contributed by atoms with Crippen molar-refractivity contribution in [3.63, 3.8) is 0 Å². The lowest BCUT2D eigenvalue weighted by Crippen LogP contribution is -2.38. The standard InChI is InChI=1S/C34H52NO4PS/c1-23(2)30-19-15-26(6)21-32(30)38-40(36,39-33-22-27(7)16-20-31(33)24(3)4)34(28-11-9-8-10-12-28)35-41(37)29-17-13-25(5)14-18-29/h8-14,17-18,23-24,26-27,30-35H,15-16,19-22H2,1-7H3/t26-,27-,30+,31+,32-,33-,34-,41?/m0/s1. The van der Waals surface area contributed by atoms with Crippen LogP contribution in [0.5, 0.6) is 0 Å². The molecule has 4 rings (SSSR count). The largest absolute Gasteiger partial charge is 0.353 e. The van der Waals surface area contributed by atoms with Gasteiger partial charge in [-0.3, -0.25) is 4.57 Å². The van der Waals surface area contributed by atoms with E-state index in [4.69, 9.17) is 9.05 Å². The Balaban J connectivity index is 1.77. The molecule has 228 valence electrons. The Morgan fingerprint density at radius 3 is 1.73 bits per heavy atom. The van der Waals surface area contributed by atoms with Gasteiger partial charge in [0.15, 0.2) is 0 Å². The van der Waals surface area contributed by atoms with Crippen molar-refractivity contribution in [1.29, 1.82) is 0 Å². The molecular weight excluding hydrogens is 549 g/mol. The minimum atomic E-state index is -3.88. The number of nitrogens with one attached hydrogen (secondary N) is 1. The summed E-state index contributed by atoms with van der Waals surface area (Å²) in [5.74, 6) is 1.54. The Kier molecular flexibility index (Phi) is 11.5. The molecule has 2 aromatic carbocycles. The van der Waals surface area contributed by atoms with Crippen LogP contribution in [0.4, 0.5) is 0 Å². The maximum absolute atomic E-state index is 15.6. The van der Waals surface area contributed by atoms with Crippen molar-refractivity contribution in [2.45, 2.75) is 110 Å². The molecule has 2 aliphatic carbocycles. The molecule has 0 spiro atoms. The van der Waals surface area contributed by atoms with Crippen LogP contribution in [-0.2, 0) is 24.6 Å². The second-order valence-corrected chi connectivity index (χ2v) is 16.8. The first-order chi connectivity index (χ1) is 19.5. The molecule has 2 fully saturated rings. The molecule has 1 unspecified atom stereocenters. The summed E-state index contributed by atoms with van der Waals surface area (Å²) in [6.07, 6.45) is 5.77. The SMILES string of the molecule is Cc1ccc(S(=O)N[C@H](c2ccccc2)P(=O)(O[C@H]2C[C@@H](C)CC[C@@H]2C(C)C)O[C@H]2C[C@@H](C)CC[C@@H]2C(C)C)cc1. The molecule has 1 N–H and O–H groups in total. The van der Waals surface area contributed by atoms with Gasteiger partial charge in [-0.1, -0.05) is 102 Å². The van der Waals surface area contributed by atoms with E-state index in [0.717, 1.165) is 49.7 Å². The Morgan fingerprint density at radius 1 is 0.780 bits per heavy atom. The van der Waals surface area contributed by atoms with Crippen LogP contribution in [0.15, 0.2) is 59.5 Å². The fourth-order valence-electron chi connectivity index (χ4n) is 6.78. The molecule has 8 atom stereocenters. The summed E-state index contributed by atoms with van der Waals surface area (Å²) in [7, 11) is -5.50. The number of hydrogen-bond acceptors (Lipinski definition) is 4. The first kappa shape index (κ1) is 32.6. The van der Waals surface area contributed by atoms with E-state index in [2.05, 4.69) is 46.3 Å². The lowest BCUT2D eigenvalue weighted by Gasteiger charge is -2.43. The van der Waals surface area contributed by atoms with Gasteiger partial charge in [-0.25, -0.2) is 8.93 Å². The second-order valence-electron chi connectivity index (χ2n) is 13.5. The molecule has 2 aliphatic rings. The van der Waals surface area contributed by atoms with E-state index in [9.17, 15) is 4.21 Å². The van der Waals surface area contributed by atoms with E-state index in [1.807, 2.05) is 61.5 Å². The highest BCUT2D eigenvalue weighted by molar-refractivity contribution is 7.83. The minimum Gasteiger partial charge on any atom is -0.304 e. The van der Waals surface area contributed by atoms with E-state index < -0.39 is 24.4 Å². The van der Waals surface area contributed by atoms with Crippen LogP contribution in [0.3, 0.4) is 0 Å². The summed E-state index contributed by atoms with van der Waals surface area (Å²) >= 11 is 0. The highest BCUT2D eigenvalue weighted by atomic mass is 32.2. The van der Waals surface area contributed by atoms with Gasteiger partial charge < -0.3 is 9.05 Å². The Morgan fingerprint density at radius 2 is 1.27 bits per heavy atom. The van der Waals surface area contributed by atoms with Crippen LogP contribution >= 0.6 is 7.60 Å². The maximum Gasteiger partial charge on any atom is 0.353 e. The fourth-order valence-corrected chi connectivity index (χ4v) is 10.5. The van der Waals surface area contributed by atoms with Crippen molar-refractivity contribution in [2.24, 2.45) is 35.5 Å². The molecule has 0 aliphatic heterocycles. The van der Waals surface area contributed by atoms with Crippen molar-refractivity contribution in [2.75, 3.05) is 0 Å². The predicted molar refractivity (Wildman–Crippen MR) is 170 cm³/mol. The van der Waals surface area contributed by atoms with Gasteiger partial charge >= 0.3 is 7.60 Å². The third kappa shape index (κ3) is 8.42. The Bertz CT molecular complexity index is 1130. The van der Waals surface area contributed by atoms with Crippen molar-refractivity contribution in [1.82, 2.24) is 4.72 Å². The number of benzene rings is 2. The molecule has 0 radical (unpaired) electrons. The highest BCUT2D eigenvalue weighted by Crippen LogP contribution is 2.64. The molecule has 0 amide bonds. The van der Waals surface area contributed by atoms with Crippen LogP contribution in [0, 0.1) is 42.4 Å². The van der Waals surface area contributed by atoms with E-state index in [0.29, 0.717) is 40.4 Å². The van der Waals surface area contributed by atoms with Crippen molar-refractivity contribution >= 4 is 18.6 Å². The number of hydrogen-bond donors (Lipinski definition) is 1. The average molecular weight is 602 g/mol. The first-order valence-electron chi connectivity index (χ1n) is 15.7. The molecule has 0 heterocycles. The van der Waals surface area contributed by atoms with Crippen LogP contribution in [-0.4, -0.2) is 16.4 Å². The van der Waals surface area contributed by atoms with Gasteiger partial charge in [-0.2, -0.15) is 0 Å². The highest BCUT2D eigenvalue weighted by Gasteiger charge is 2.47. The van der Waals surface area contributed by atoms with Gasteiger partial charge in [0, 0.05) is 0 Å². The molecule has 41 heavy (non-hydrogen) atoms. The van der Waals surface area contributed by atoms with E-state index >= 15 is 4.57 Å². The van der Waals surface area contributed by atoms with Crippen LogP contribution < -0.4 is 4.72 Å². The smallest absolute Gasteiger partial charge is 0.304 e. The van der Waals surface area contributed by atoms with E-state index in [1.54, 1.807) is 0 Å². The molecule has 2 aromatic rings. The zero-order chi connectivity index (χ0) is 29.7. The summed E-state index contributed by atoms with van der Waals surface area (Å²) < 4.78 is 46.4. The summed E-state index contributed by atoms with van der Waals surface area (Å²) in [4.78, 5) is 0.640. The van der Waals surface area contributed by atoms with Crippen LogP contribution in [0.25, 0.3) is 0 Å². The Labute approximate surface area is 251 Å². The third-order valence-electron chi connectivity index (χ3n) is 9.37. The zero-order valence-corrected chi connectivity index (χ0v) is 27.8. The minimum absolute atomic E-state index is 0.177. The summed E-state index contributed by atoms with van der Waals surface area (Å²) in [6, 6.07) is 17.3. The molecule has 0 bridgehead atoms.